The molecule has 0 spiro atoms. The molecule has 0 fully saturated rings. The lowest BCUT2D eigenvalue weighted by Crippen LogP contribution is -1.91. The normalized spacial score (nSPS) is 10.8. The molecule has 4 nitrogen and oxygen atoms in total. The summed E-state index contributed by atoms with van der Waals surface area (Å²) < 4.78 is 0. The molecular weight excluding hydrogens is 232 g/mol. The number of fused-ring (bicyclic) bond motifs is 1. The quantitative estimate of drug-likeness (QED) is 0.725. The minimum absolute atomic E-state index is 0.436. The Morgan fingerprint density at radius 2 is 2.00 bits per heavy atom. The van der Waals surface area contributed by atoms with Gasteiger partial charge < -0.3 is 10.7 Å². The number of rotatable bonds is 2. The maximum absolute atomic E-state index is 5.49. The van der Waals surface area contributed by atoms with E-state index in [0.29, 0.717) is 5.82 Å². The van der Waals surface area contributed by atoms with Crippen molar-refractivity contribution >= 4 is 28.5 Å². The molecule has 0 bridgehead atoms. The minimum Gasteiger partial charge on any atom is -0.382 e. The van der Waals surface area contributed by atoms with E-state index in [0.717, 1.165) is 15.6 Å². The first-order valence-corrected chi connectivity index (χ1v) is 5.96. The van der Waals surface area contributed by atoms with Crippen molar-refractivity contribution in [2.24, 2.45) is 0 Å². The van der Waals surface area contributed by atoms with Gasteiger partial charge >= 0.3 is 0 Å². The Kier molecular flexibility index (Phi) is 2.45. The van der Waals surface area contributed by atoms with Crippen molar-refractivity contribution in [1.82, 2.24) is 15.0 Å². The molecule has 17 heavy (non-hydrogen) atoms. The fraction of sp³-hybridized carbons (Fsp3) is 0. The number of aromatic nitrogens is 3. The molecule has 2 heterocycles. The Morgan fingerprint density at radius 1 is 1.12 bits per heavy atom. The molecule has 0 unspecified atom stereocenters. The largest absolute Gasteiger partial charge is 0.382 e. The van der Waals surface area contributed by atoms with Gasteiger partial charge in [-0.15, -0.1) is 0 Å². The van der Waals surface area contributed by atoms with Gasteiger partial charge in [0.25, 0.3) is 0 Å². The van der Waals surface area contributed by atoms with E-state index in [2.05, 4.69) is 27.1 Å². The zero-order valence-electron chi connectivity index (χ0n) is 8.92. The lowest BCUT2D eigenvalue weighted by molar-refractivity contribution is 1.06. The molecule has 5 heteroatoms. The Balaban J connectivity index is 1.92. The van der Waals surface area contributed by atoms with Crippen LogP contribution in [0.4, 0.5) is 5.82 Å². The number of nitrogens with two attached hydrogens (primary N) is 1. The highest BCUT2D eigenvalue weighted by Crippen LogP contribution is 2.27. The summed E-state index contributed by atoms with van der Waals surface area (Å²) in [6.07, 6.45) is 3.23. The number of hydrogen-bond acceptors (Lipinski definition) is 4. The number of nitrogens with zero attached hydrogens (tertiary/aromatic N) is 2. The van der Waals surface area contributed by atoms with Gasteiger partial charge in [0.15, 0.2) is 0 Å². The highest BCUT2D eigenvalue weighted by Gasteiger charge is 2.03. The van der Waals surface area contributed by atoms with E-state index in [1.54, 1.807) is 12.4 Å². The Labute approximate surface area is 102 Å². The van der Waals surface area contributed by atoms with E-state index >= 15 is 0 Å². The topological polar surface area (TPSA) is 67.6 Å². The molecule has 0 aliphatic heterocycles. The number of H-pyrrole nitrogens is 1. The van der Waals surface area contributed by atoms with Crippen LogP contribution in [0.5, 0.6) is 0 Å². The second-order valence-corrected chi connectivity index (χ2v) is 4.66. The van der Waals surface area contributed by atoms with E-state index in [9.17, 15) is 0 Å². The van der Waals surface area contributed by atoms with Crippen LogP contribution in [0.3, 0.4) is 0 Å². The van der Waals surface area contributed by atoms with E-state index < -0.39 is 0 Å². The molecule has 0 aliphatic carbocycles. The number of nitrogens with one attached hydrogen (secondary N) is 1. The third kappa shape index (κ3) is 2.09. The Hall–Kier alpha value is -2.01. The summed E-state index contributed by atoms with van der Waals surface area (Å²) in [6.45, 7) is 0. The standard InChI is InChI=1S/C12H10N4S/c13-10-6-15-12(7-14-10)17-11-5-8-3-1-2-4-9(8)16-11/h1-7,16H,(H2,13,14). The first kappa shape index (κ1) is 10.2. The van der Waals surface area contributed by atoms with Gasteiger partial charge in [-0.1, -0.05) is 30.0 Å². The van der Waals surface area contributed by atoms with Crippen LogP contribution in [-0.2, 0) is 0 Å². The fourth-order valence-electron chi connectivity index (χ4n) is 1.59. The number of aromatic amines is 1. The van der Waals surface area contributed by atoms with Crippen molar-refractivity contribution in [2.75, 3.05) is 5.73 Å². The first-order valence-electron chi connectivity index (χ1n) is 5.14. The lowest BCUT2D eigenvalue weighted by Gasteiger charge is -1.97. The molecule has 0 aliphatic rings. The monoisotopic (exact) mass is 242 g/mol. The molecule has 0 saturated heterocycles. The number of benzene rings is 1. The van der Waals surface area contributed by atoms with Crippen LogP contribution in [0.25, 0.3) is 10.9 Å². The molecule has 2 aromatic heterocycles. The van der Waals surface area contributed by atoms with Crippen LogP contribution in [0, 0.1) is 0 Å². The summed E-state index contributed by atoms with van der Waals surface area (Å²) in [6, 6.07) is 10.3. The Morgan fingerprint density at radius 3 is 2.76 bits per heavy atom. The van der Waals surface area contributed by atoms with Crippen LogP contribution in [0.15, 0.2) is 52.8 Å². The van der Waals surface area contributed by atoms with E-state index in [-0.39, 0.29) is 0 Å². The summed E-state index contributed by atoms with van der Waals surface area (Å²) in [5, 5.41) is 3.06. The van der Waals surface area contributed by atoms with Crippen LogP contribution in [-0.4, -0.2) is 15.0 Å². The average molecular weight is 242 g/mol. The lowest BCUT2D eigenvalue weighted by atomic mass is 10.3. The van der Waals surface area contributed by atoms with Crippen LogP contribution < -0.4 is 5.73 Å². The summed E-state index contributed by atoms with van der Waals surface area (Å²) in [5.41, 5.74) is 6.61. The summed E-state index contributed by atoms with van der Waals surface area (Å²) >= 11 is 1.54. The van der Waals surface area contributed by atoms with Crippen molar-refractivity contribution in [3.05, 3.63) is 42.7 Å². The third-order valence-electron chi connectivity index (χ3n) is 2.37. The van der Waals surface area contributed by atoms with Gasteiger partial charge in [0, 0.05) is 10.9 Å². The molecule has 3 N–H and O–H groups in total. The highest BCUT2D eigenvalue weighted by atomic mass is 32.2. The second-order valence-electron chi connectivity index (χ2n) is 3.60. The van der Waals surface area contributed by atoms with Gasteiger partial charge in [0.05, 0.1) is 17.4 Å². The minimum atomic E-state index is 0.436. The van der Waals surface area contributed by atoms with E-state index in [1.807, 2.05) is 18.2 Å². The predicted octanol–water partition coefficient (Wildman–Crippen LogP) is 2.69. The molecule has 1 aromatic carbocycles. The van der Waals surface area contributed by atoms with Crippen LogP contribution in [0.2, 0.25) is 0 Å². The molecule has 3 aromatic rings. The maximum Gasteiger partial charge on any atom is 0.141 e. The summed E-state index contributed by atoms with van der Waals surface area (Å²) in [4.78, 5) is 11.5. The first-order chi connectivity index (χ1) is 8.31. The van der Waals surface area contributed by atoms with Crippen molar-refractivity contribution in [3.8, 4) is 0 Å². The fourth-order valence-corrected chi connectivity index (χ4v) is 2.38. The number of anilines is 1. The highest BCUT2D eigenvalue weighted by molar-refractivity contribution is 7.99. The molecule has 0 atom stereocenters. The van der Waals surface area contributed by atoms with Crippen LogP contribution >= 0.6 is 11.8 Å². The smallest absolute Gasteiger partial charge is 0.141 e. The summed E-state index contributed by atoms with van der Waals surface area (Å²) in [7, 11) is 0. The number of hydrogen-bond donors (Lipinski definition) is 2. The van der Waals surface area contributed by atoms with Gasteiger partial charge in [-0.3, -0.25) is 0 Å². The van der Waals surface area contributed by atoms with Gasteiger partial charge in [-0.25, -0.2) is 9.97 Å². The third-order valence-corrected chi connectivity index (χ3v) is 3.23. The van der Waals surface area contributed by atoms with Crippen molar-refractivity contribution in [2.45, 2.75) is 10.1 Å². The second kappa shape index (κ2) is 4.10. The zero-order valence-corrected chi connectivity index (χ0v) is 9.74. The predicted molar refractivity (Wildman–Crippen MR) is 68.9 cm³/mol. The molecule has 3 rings (SSSR count). The SMILES string of the molecule is Nc1cnc(Sc2cc3ccccc3[nH]2)cn1. The van der Waals surface area contributed by atoms with Crippen molar-refractivity contribution in [3.63, 3.8) is 0 Å². The number of para-hydroxylation sites is 1. The number of nitrogen functional groups attached to an aromatic ring is 1. The van der Waals surface area contributed by atoms with E-state index in [4.69, 9.17) is 5.73 Å². The molecule has 0 amide bonds. The van der Waals surface area contributed by atoms with Gasteiger partial charge in [0.2, 0.25) is 0 Å². The van der Waals surface area contributed by atoms with Gasteiger partial charge in [-0.2, -0.15) is 0 Å². The van der Waals surface area contributed by atoms with Gasteiger partial charge in [-0.05, 0) is 12.1 Å². The van der Waals surface area contributed by atoms with Gasteiger partial charge in [0.1, 0.15) is 10.8 Å². The molecule has 84 valence electrons. The Bertz CT molecular complexity index is 612. The molecular formula is C12H10N4S. The van der Waals surface area contributed by atoms with Crippen molar-refractivity contribution in [1.29, 1.82) is 0 Å². The molecule has 0 radical (unpaired) electrons. The van der Waals surface area contributed by atoms with E-state index in [1.165, 1.54) is 17.1 Å². The maximum atomic E-state index is 5.49. The average Bonchev–Trinajstić information content (AvgIpc) is 2.74. The summed E-state index contributed by atoms with van der Waals surface area (Å²) in [5.74, 6) is 0.436. The zero-order chi connectivity index (χ0) is 11.7. The molecule has 0 saturated carbocycles. The van der Waals surface area contributed by atoms with Crippen LogP contribution in [0.1, 0.15) is 0 Å². The van der Waals surface area contributed by atoms with Crippen molar-refractivity contribution < 1.29 is 0 Å².